The van der Waals surface area contributed by atoms with Crippen molar-refractivity contribution in [3.63, 3.8) is 0 Å². The molecule has 0 aliphatic carbocycles. The second kappa shape index (κ2) is 15.0. The van der Waals surface area contributed by atoms with Crippen molar-refractivity contribution in [1.82, 2.24) is 14.5 Å². The molecule has 1 fully saturated rings. The highest BCUT2D eigenvalue weighted by molar-refractivity contribution is 7.89. The van der Waals surface area contributed by atoms with Gasteiger partial charge in [0.25, 0.3) is 0 Å². The van der Waals surface area contributed by atoms with Gasteiger partial charge < -0.3 is 15.0 Å². The first-order valence-corrected chi connectivity index (χ1v) is 15.7. The summed E-state index contributed by atoms with van der Waals surface area (Å²) in [7, 11) is -1.93. The Morgan fingerprint density at radius 3 is 2.24 bits per heavy atom. The molecule has 0 radical (unpaired) electrons. The van der Waals surface area contributed by atoms with Gasteiger partial charge >= 0.3 is 0 Å². The average molecular weight is 596 g/mol. The molecule has 3 aromatic rings. The van der Waals surface area contributed by atoms with Gasteiger partial charge in [-0.1, -0.05) is 54.6 Å². The first-order valence-electron chi connectivity index (χ1n) is 14.2. The highest BCUT2D eigenvalue weighted by Gasteiger charge is 2.31. The van der Waals surface area contributed by atoms with Crippen molar-refractivity contribution in [3.05, 3.63) is 101 Å². The monoisotopic (exact) mass is 595 g/mol. The molecule has 0 bridgehead atoms. The highest BCUT2D eigenvalue weighted by atomic mass is 32.2. The topological polar surface area (TPSA) is 96.0 Å². The Hall–Kier alpha value is -3.60. The Kier molecular flexibility index (Phi) is 11.2. The highest BCUT2D eigenvalue weighted by Crippen LogP contribution is 2.26. The molecule has 4 rings (SSSR count). The van der Waals surface area contributed by atoms with Gasteiger partial charge in [0.1, 0.15) is 11.9 Å². The number of carbonyl (C=O) groups is 2. The summed E-state index contributed by atoms with van der Waals surface area (Å²) in [5.41, 5.74) is 2.16. The van der Waals surface area contributed by atoms with E-state index in [1.54, 1.807) is 43.5 Å². The molecule has 1 aliphatic heterocycles. The molecule has 8 nitrogen and oxygen atoms in total. The third kappa shape index (κ3) is 8.24. The van der Waals surface area contributed by atoms with Gasteiger partial charge in [-0.2, -0.15) is 4.31 Å². The number of carbonyl (C=O) groups excluding carboxylic acids is 2. The molecule has 0 unspecified atom stereocenters. The zero-order valence-corrected chi connectivity index (χ0v) is 24.7. The lowest BCUT2D eigenvalue weighted by molar-refractivity contribution is -0.141. The fourth-order valence-electron chi connectivity index (χ4n) is 5.04. The molecule has 1 N–H and O–H groups in total. The van der Waals surface area contributed by atoms with Crippen molar-refractivity contribution in [1.29, 1.82) is 0 Å². The van der Waals surface area contributed by atoms with Crippen LogP contribution in [0.3, 0.4) is 0 Å². The number of nitrogens with one attached hydrogen (secondary N) is 1. The predicted molar refractivity (Wildman–Crippen MR) is 158 cm³/mol. The van der Waals surface area contributed by atoms with E-state index in [1.807, 2.05) is 30.3 Å². The maximum absolute atomic E-state index is 13.8. The molecule has 0 aromatic heterocycles. The van der Waals surface area contributed by atoms with Gasteiger partial charge in [0.15, 0.2) is 0 Å². The lowest BCUT2D eigenvalue weighted by Crippen LogP contribution is -2.43. The molecule has 10 heteroatoms. The quantitative estimate of drug-likeness (QED) is 0.278. The standard InChI is InChI=1S/C32H38FN3O5S/c1-41-23-7-20-34-32(38)31(27-8-3-2-4-9-27)36(24-26-10-15-28(33)16-11-26)30(37)19-14-25-12-17-29(18-13-25)42(39,40)35-21-5-6-22-35/h2-4,8-13,15-18,31H,5-7,14,19-24H2,1H3,(H,34,38)/t31-/m0/s1. The van der Waals surface area contributed by atoms with Crippen LogP contribution in [0.1, 0.15) is 48.4 Å². The average Bonchev–Trinajstić information content (AvgIpc) is 3.56. The molecule has 1 heterocycles. The zero-order chi connectivity index (χ0) is 30.0. The molecule has 0 saturated carbocycles. The summed E-state index contributed by atoms with van der Waals surface area (Å²) >= 11 is 0. The Balaban J connectivity index is 1.54. The van der Waals surface area contributed by atoms with Crippen molar-refractivity contribution in [2.45, 2.75) is 49.6 Å². The van der Waals surface area contributed by atoms with E-state index < -0.39 is 16.1 Å². The second-order valence-corrected chi connectivity index (χ2v) is 12.3. The van der Waals surface area contributed by atoms with Gasteiger partial charge in [0.2, 0.25) is 21.8 Å². The van der Waals surface area contributed by atoms with Crippen LogP contribution in [0.5, 0.6) is 0 Å². The summed E-state index contributed by atoms with van der Waals surface area (Å²) in [6.07, 6.45) is 2.81. The Bertz CT molecular complexity index is 1410. The van der Waals surface area contributed by atoms with E-state index >= 15 is 0 Å². The minimum absolute atomic E-state index is 0.0969. The SMILES string of the molecule is COCCCNC(=O)[C@H](c1ccccc1)N(Cc1ccc(F)cc1)C(=O)CCc1ccc(S(=O)(=O)N2CCCC2)cc1. The van der Waals surface area contributed by atoms with E-state index in [1.165, 1.54) is 21.3 Å². The number of ether oxygens (including phenoxy) is 1. The summed E-state index contributed by atoms with van der Waals surface area (Å²) in [6.45, 7) is 2.06. The number of sulfonamides is 1. The molecule has 1 aliphatic rings. The minimum Gasteiger partial charge on any atom is -0.385 e. The van der Waals surface area contributed by atoms with Gasteiger partial charge in [-0.15, -0.1) is 0 Å². The van der Waals surface area contributed by atoms with Crippen molar-refractivity contribution in [3.8, 4) is 0 Å². The van der Waals surface area contributed by atoms with Crippen LogP contribution >= 0.6 is 0 Å². The van der Waals surface area contributed by atoms with Crippen molar-refractivity contribution < 1.29 is 27.1 Å². The van der Waals surface area contributed by atoms with Crippen LogP contribution < -0.4 is 5.32 Å². The van der Waals surface area contributed by atoms with Crippen molar-refractivity contribution >= 4 is 21.8 Å². The molecule has 0 spiro atoms. The number of amides is 2. The first-order chi connectivity index (χ1) is 20.3. The summed E-state index contributed by atoms with van der Waals surface area (Å²) in [5.74, 6) is -0.958. The minimum atomic E-state index is -3.52. The molecular formula is C32H38FN3O5S. The fourth-order valence-corrected chi connectivity index (χ4v) is 6.56. The molecule has 3 aromatic carbocycles. The van der Waals surface area contributed by atoms with E-state index in [0.29, 0.717) is 50.2 Å². The largest absolute Gasteiger partial charge is 0.385 e. The lowest BCUT2D eigenvalue weighted by Gasteiger charge is -2.32. The fraction of sp³-hybridized carbons (Fsp3) is 0.375. The smallest absolute Gasteiger partial charge is 0.247 e. The third-order valence-corrected chi connectivity index (χ3v) is 9.25. The maximum atomic E-state index is 13.8. The zero-order valence-electron chi connectivity index (χ0n) is 23.9. The number of hydrogen-bond acceptors (Lipinski definition) is 5. The maximum Gasteiger partial charge on any atom is 0.247 e. The number of aryl methyl sites for hydroxylation is 1. The van der Waals surface area contributed by atoms with Crippen LogP contribution in [0.15, 0.2) is 83.8 Å². The molecular weight excluding hydrogens is 557 g/mol. The van der Waals surface area contributed by atoms with Crippen LogP contribution in [0, 0.1) is 5.82 Å². The molecule has 224 valence electrons. The van der Waals surface area contributed by atoms with Gasteiger partial charge in [-0.05, 0) is 66.6 Å². The number of nitrogens with zero attached hydrogens (tertiary/aromatic N) is 2. The van der Waals surface area contributed by atoms with E-state index in [4.69, 9.17) is 4.74 Å². The number of hydrogen-bond donors (Lipinski definition) is 1. The molecule has 2 amide bonds. The summed E-state index contributed by atoms with van der Waals surface area (Å²) in [4.78, 5) is 29.1. The van der Waals surface area contributed by atoms with Gasteiger partial charge in [-0.3, -0.25) is 9.59 Å². The summed E-state index contributed by atoms with van der Waals surface area (Å²) in [5, 5.41) is 2.93. The molecule has 42 heavy (non-hydrogen) atoms. The van der Waals surface area contributed by atoms with Crippen molar-refractivity contribution in [2.75, 3.05) is 33.4 Å². The Labute approximate surface area is 247 Å². The normalized spacial score (nSPS) is 14.4. The number of halogens is 1. The van der Waals surface area contributed by atoms with Crippen LogP contribution in [-0.4, -0.2) is 62.8 Å². The van der Waals surface area contributed by atoms with Crippen LogP contribution in [-0.2, 0) is 37.3 Å². The summed E-state index contributed by atoms with van der Waals surface area (Å²) < 4.78 is 46.0. The lowest BCUT2D eigenvalue weighted by atomic mass is 10.0. The van der Waals surface area contributed by atoms with E-state index in [9.17, 15) is 22.4 Å². The van der Waals surface area contributed by atoms with Gasteiger partial charge in [-0.25, -0.2) is 12.8 Å². The van der Waals surface area contributed by atoms with Crippen molar-refractivity contribution in [2.24, 2.45) is 0 Å². The van der Waals surface area contributed by atoms with Crippen LogP contribution in [0.2, 0.25) is 0 Å². The number of benzene rings is 3. The number of methoxy groups -OCH3 is 1. The summed E-state index contributed by atoms with van der Waals surface area (Å²) in [6, 6.07) is 20.7. The second-order valence-electron chi connectivity index (χ2n) is 10.4. The third-order valence-electron chi connectivity index (χ3n) is 7.34. The van der Waals surface area contributed by atoms with Gasteiger partial charge in [0, 0.05) is 46.3 Å². The number of rotatable bonds is 14. The van der Waals surface area contributed by atoms with E-state index in [-0.39, 0.29) is 35.5 Å². The van der Waals surface area contributed by atoms with Gasteiger partial charge in [0.05, 0.1) is 4.90 Å². The van der Waals surface area contributed by atoms with E-state index in [0.717, 1.165) is 18.4 Å². The van der Waals surface area contributed by atoms with E-state index in [2.05, 4.69) is 5.32 Å². The van der Waals surface area contributed by atoms with Crippen LogP contribution in [0.4, 0.5) is 4.39 Å². The predicted octanol–water partition coefficient (Wildman–Crippen LogP) is 4.47. The Morgan fingerprint density at radius 1 is 0.952 bits per heavy atom. The van der Waals surface area contributed by atoms with Crippen LogP contribution in [0.25, 0.3) is 0 Å². The molecule has 1 atom stereocenters. The molecule has 1 saturated heterocycles. The first kappa shape index (κ1) is 31.3. The Morgan fingerprint density at radius 2 is 1.60 bits per heavy atom.